The highest BCUT2D eigenvalue weighted by molar-refractivity contribution is 7.19. The van der Waals surface area contributed by atoms with Crippen LogP contribution in [-0.4, -0.2) is 38.6 Å². The predicted molar refractivity (Wildman–Crippen MR) is 127 cm³/mol. The van der Waals surface area contributed by atoms with Crippen molar-refractivity contribution in [3.8, 4) is 11.5 Å². The molecular formula is C24H23FN2O6S. The summed E-state index contributed by atoms with van der Waals surface area (Å²) in [5, 5.41) is 5.36. The summed E-state index contributed by atoms with van der Waals surface area (Å²) in [7, 11) is 2.95. The van der Waals surface area contributed by atoms with Gasteiger partial charge in [-0.3, -0.25) is 9.59 Å². The van der Waals surface area contributed by atoms with Crippen LogP contribution in [0.25, 0.3) is 0 Å². The van der Waals surface area contributed by atoms with Crippen LogP contribution in [0.2, 0.25) is 0 Å². The molecule has 0 saturated carbocycles. The number of nitrogens with one attached hydrogen (secondary N) is 2. The maximum atomic E-state index is 14.1. The Bertz CT molecular complexity index is 1240. The number of methoxy groups -OCH3 is 2. The summed E-state index contributed by atoms with van der Waals surface area (Å²) in [5.41, 5.74) is 0.496. The fraction of sp³-hybridized carbons (Fsp3) is 0.208. The number of halogens is 1. The van der Waals surface area contributed by atoms with Crippen LogP contribution in [0.1, 0.15) is 42.9 Å². The van der Waals surface area contributed by atoms with E-state index in [1.54, 1.807) is 32.0 Å². The molecule has 0 fully saturated rings. The summed E-state index contributed by atoms with van der Waals surface area (Å²) >= 11 is 0.881. The van der Waals surface area contributed by atoms with Gasteiger partial charge in [0.15, 0.2) is 0 Å². The molecule has 8 nitrogen and oxygen atoms in total. The molecule has 0 aliphatic heterocycles. The predicted octanol–water partition coefficient (Wildman–Crippen LogP) is 4.89. The second kappa shape index (κ2) is 10.8. The molecule has 2 N–H and O–H groups in total. The van der Waals surface area contributed by atoms with Crippen LogP contribution in [-0.2, 0) is 4.74 Å². The second-order valence-electron chi connectivity index (χ2n) is 6.94. The molecule has 0 aliphatic rings. The van der Waals surface area contributed by atoms with Crippen molar-refractivity contribution in [3.63, 3.8) is 0 Å². The van der Waals surface area contributed by atoms with Gasteiger partial charge in [0.25, 0.3) is 11.8 Å². The van der Waals surface area contributed by atoms with Gasteiger partial charge in [0.1, 0.15) is 22.3 Å². The van der Waals surface area contributed by atoms with Crippen molar-refractivity contribution in [3.05, 3.63) is 69.8 Å². The summed E-state index contributed by atoms with van der Waals surface area (Å²) in [6.07, 6.45) is 0. The number of carbonyl (C=O) groups excluding carboxylic acids is 3. The van der Waals surface area contributed by atoms with Gasteiger partial charge < -0.3 is 24.8 Å². The van der Waals surface area contributed by atoms with Gasteiger partial charge in [-0.1, -0.05) is 12.1 Å². The number of hydrogen-bond donors (Lipinski definition) is 2. The molecule has 34 heavy (non-hydrogen) atoms. The fourth-order valence-electron chi connectivity index (χ4n) is 3.17. The highest BCUT2D eigenvalue weighted by Gasteiger charge is 2.28. The Balaban J connectivity index is 1.99. The number of rotatable bonds is 8. The minimum atomic E-state index is -0.758. The number of anilines is 2. The monoisotopic (exact) mass is 486 g/mol. The third kappa shape index (κ3) is 5.18. The van der Waals surface area contributed by atoms with Gasteiger partial charge in [-0.25, -0.2) is 9.18 Å². The van der Waals surface area contributed by atoms with E-state index in [1.165, 1.54) is 32.4 Å². The van der Waals surface area contributed by atoms with Crippen molar-refractivity contribution in [1.29, 1.82) is 0 Å². The Morgan fingerprint density at radius 3 is 2.38 bits per heavy atom. The molecule has 3 rings (SSSR count). The fourth-order valence-corrected chi connectivity index (χ4v) is 4.26. The number of ether oxygens (including phenoxy) is 3. The summed E-state index contributed by atoms with van der Waals surface area (Å²) in [6, 6.07) is 10.4. The Hall–Kier alpha value is -3.92. The minimum absolute atomic E-state index is 0.0271. The number of esters is 1. The smallest absolute Gasteiger partial charge is 0.341 e. The average molecular weight is 487 g/mol. The zero-order valence-electron chi connectivity index (χ0n) is 19.0. The van der Waals surface area contributed by atoms with Crippen molar-refractivity contribution >= 4 is 39.8 Å². The molecule has 2 amide bonds. The lowest BCUT2D eigenvalue weighted by Crippen LogP contribution is -2.16. The maximum absolute atomic E-state index is 14.1. The SMILES string of the molecule is CCOC(=O)c1c(NC(=O)c2ccccc2F)sc(C(=O)Nc2cc(OC)ccc2OC)c1C. The normalized spacial score (nSPS) is 10.4. The lowest BCUT2D eigenvalue weighted by atomic mass is 10.1. The van der Waals surface area contributed by atoms with Gasteiger partial charge in [0.2, 0.25) is 0 Å². The van der Waals surface area contributed by atoms with Gasteiger partial charge in [-0.05, 0) is 43.7 Å². The van der Waals surface area contributed by atoms with Crippen molar-refractivity contribution in [2.24, 2.45) is 0 Å². The Labute approximate surface area is 199 Å². The van der Waals surface area contributed by atoms with E-state index in [0.717, 1.165) is 17.4 Å². The van der Waals surface area contributed by atoms with E-state index in [2.05, 4.69) is 10.6 Å². The zero-order chi connectivity index (χ0) is 24.8. The topological polar surface area (TPSA) is 103 Å². The molecule has 2 aromatic carbocycles. The van der Waals surface area contributed by atoms with Crippen molar-refractivity contribution in [2.75, 3.05) is 31.5 Å². The first kappa shape index (κ1) is 24.7. The van der Waals surface area contributed by atoms with Gasteiger partial charge >= 0.3 is 5.97 Å². The molecule has 0 aliphatic carbocycles. The van der Waals surface area contributed by atoms with E-state index >= 15 is 0 Å². The molecule has 0 spiro atoms. The van der Waals surface area contributed by atoms with Crippen LogP contribution in [0.3, 0.4) is 0 Å². The van der Waals surface area contributed by atoms with Gasteiger partial charge in [0, 0.05) is 6.07 Å². The number of thiophene rings is 1. The lowest BCUT2D eigenvalue weighted by molar-refractivity contribution is 0.0527. The highest BCUT2D eigenvalue weighted by atomic mass is 32.1. The molecule has 0 atom stereocenters. The summed E-state index contributed by atoms with van der Waals surface area (Å²) in [4.78, 5) is 38.6. The molecule has 3 aromatic rings. The number of amides is 2. The van der Waals surface area contributed by atoms with E-state index < -0.39 is 23.6 Å². The standard InChI is InChI=1S/C24H23FN2O6S/c1-5-33-24(30)19-13(2)20(22(29)26-17-12-14(31-3)10-11-18(17)32-4)34-23(19)27-21(28)15-8-6-7-9-16(15)25/h6-12H,5H2,1-4H3,(H,26,29)(H,27,28). The Morgan fingerprint density at radius 2 is 1.74 bits per heavy atom. The molecular weight excluding hydrogens is 463 g/mol. The zero-order valence-corrected chi connectivity index (χ0v) is 19.8. The highest BCUT2D eigenvalue weighted by Crippen LogP contribution is 2.36. The maximum Gasteiger partial charge on any atom is 0.341 e. The molecule has 0 radical (unpaired) electrons. The van der Waals surface area contributed by atoms with Gasteiger partial charge in [-0.15, -0.1) is 11.3 Å². The quantitative estimate of drug-likeness (QED) is 0.440. The Kier molecular flexibility index (Phi) is 7.85. The number of hydrogen-bond acceptors (Lipinski definition) is 7. The second-order valence-corrected chi connectivity index (χ2v) is 7.96. The van der Waals surface area contributed by atoms with Gasteiger partial charge in [-0.2, -0.15) is 0 Å². The third-order valence-electron chi connectivity index (χ3n) is 4.83. The summed E-state index contributed by atoms with van der Waals surface area (Å²) in [5.74, 6) is -1.81. The largest absolute Gasteiger partial charge is 0.497 e. The molecule has 10 heteroatoms. The van der Waals surface area contributed by atoms with Crippen LogP contribution in [0.5, 0.6) is 11.5 Å². The van der Waals surface area contributed by atoms with Crippen molar-refractivity contribution in [1.82, 2.24) is 0 Å². The van der Waals surface area contributed by atoms with E-state index in [1.807, 2.05) is 0 Å². The summed E-state index contributed by atoms with van der Waals surface area (Å²) < 4.78 is 29.7. The molecule has 1 heterocycles. The Morgan fingerprint density at radius 1 is 1.00 bits per heavy atom. The van der Waals surface area contributed by atoms with E-state index in [-0.39, 0.29) is 27.6 Å². The van der Waals surface area contributed by atoms with Crippen LogP contribution in [0, 0.1) is 12.7 Å². The van der Waals surface area contributed by atoms with E-state index in [0.29, 0.717) is 22.7 Å². The van der Waals surface area contributed by atoms with Crippen LogP contribution in [0.4, 0.5) is 15.1 Å². The first-order chi connectivity index (χ1) is 16.3. The average Bonchev–Trinajstić information content (AvgIpc) is 3.15. The number of benzene rings is 2. The minimum Gasteiger partial charge on any atom is -0.497 e. The summed E-state index contributed by atoms with van der Waals surface area (Å²) in [6.45, 7) is 3.30. The van der Waals surface area contributed by atoms with E-state index in [4.69, 9.17) is 14.2 Å². The van der Waals surface area contributed by atoms with Crippen LogP contribution < -0.4 is 20.1 Å². The first-order valence-electron chi connectivity index (χ1n) is 10.2. The third-order valence-corrected chi connectivity index (χ3v) is 6.04. The lowest BCUT2D eigenvalue weighted by Gasteiger charge is -2.11. The van der Waals surface area contributed by atoms with Crippen LogP contribution in [0.15, 0.2) is 42.5 Å². The molecule has 0 unspecified atom stereocenters. The number of carbonyl (C=O) groups is 3. The van der Waals surface area contributed by atoms with E-state index in [9.17, 15) is 18.8 Å². The van der Waals surface area contributed by atoms with Crippen molar-refractivity contribution in [2.45, 2.75) is 13.8 Å². The molecule has 0 saturated heterocycles. The first-order valence-corrected chi connectivity index (χ1v) is 11.0. The molecule has 1 aromatic heterocycles. The van der Waals surface area contributed by atoms with Crippen LogP contribution >= 0.6 is 11.3 Å². The van der Waals surface area contributed by atoms with Gasteiger partial charge in [0.05, 0.1) is 42.5 Å². The molecule has 0 bridgehead atoms. The van der Waals surface area contributed by atoms with Crippen molar-refractivity contribution < 1.29 is 33.0 Å². The molecule has 178 valence electrons.